The number of hydrogen-bond donors (Lipinski definition) is 1. The highest BCUT2D eigenvalue weighted by atomic mass is 35.5. The molecule has 1 heterocycles. The number of benzene rings is 3. The first-order valence-electron chi connectivity index (χ1n) is 9.70. The van der Waals surface area contributed by atoms with Gasteiger partial charge in [0.25, 0.3) is 5.91 Å². The summed E-state index contributed by atoms with van der Waals surface area (Å²) in [4.78, 5) is 27.5. The molecule has 3 aromatic carbocycles. The van der Waals surface area contributed by atoms with E-state index in [4.69, 9.17) is 16.3 Å². The summed E-state index contributed by atoms with van der Waals surface area (Å²) >= 11 is 5.88. The van der Waals surface area contributed by atoms with Crippen LogP contribution in [-0.2, 0) is 16.8 Å². The van der Waals surface area contributed by atoms with Gasteiger partial charge in [-0.25, -0.2) is 4.79 Å². The fourth-order valence-corrected chi connectivity index (χ4v) is 3.78. The minimum atomic E-state index is -1.14. The number of hydrogen-bond acceptors (Lipinski definition) is 3. The van der Waals surface area contributed by atoms with E-state index in [1.54, 1.807) is 24.3 Å². The maximum Gasteiger partial charge on any atom is 0.325 e. The second-order valence-corrected chi connectivity index (χ2v) is 7.56. The third-order valence-electron chi connectivity index (χ3n) is 5.15. The third kappa shape index (κ3) is 4.02. The maximum atomic E-state index is 13.5. The van der Waals surface area contributed by atoms with E-state index in [-0.39, 0.29) is 19.1 Å². The van der Waals surface area contributed by atoms with E-state index in [0.717, 1.165) is 11.1 Å². The molecule has 0 bridgehead atoms. The summed E-state index contributed by atoms with van der Waals surface area (Å²) in [5, 5.41) is 3.57. The van der Waals surface area contributed by atoms with Crippen LogP contribution >= 0.6 is 11.6 Å². The highest BCUT2D eigenvalue weighted by molar-refractivity contribution is 6.30. The molecule has 0 aromatic heterocycles. The number of imide groups is 1. The van der Waals surface area contributed by atoms with Crippen molar-refractivity contribution in [1.82, 2.24) is 10.2 Å². The molecule has 0 unspecified atom stereocenters. The van der Waals surface area contributed by atoms with E-state index in [1.807, 2.05) is 60.7 Å². The van der Waals surface area contributed by atoms with Crippen molar-refractivity contribution < 1.29 is 14.3 Å². The molecular formula is C24H21ClN2O3. The van der Waals surface area contributed by atoms with Crippen molar-refractivity contribution in [2.75, 3.05) is 13.2 Å². The largest absolute Gasteiger partial charge is 0.492 e. The number of carbonyl (C=O) groups excluding carboxylic acids is 2. The zero-order valence-electron chi connectivity index (χ0n) is 16.3. The van der Waals surface area contributed by atoms with Crippen molar-refractivity contribution in [3.8, 4) is 5.75 Å². The van der Waals surface area contributed by atoms with Gasteiger partial charge in [0.15, 0.2) is 5.54 Å². The molecule has 1 aliphatic rings. The molecule has 3 amide bonds. The summed E-state index contributed by atoms with van der Waals surface area (Å²) in [6, 6.07) is 25.6. The number of nitrogens with one attached hydrogen (secondary N) is 1. The van der Waals surface area contributed by atoms with Crippen LogP contribution < -0.4 is 10.1 Å². The summed E-state index contributed by atoms with van der Waals surface area (Å²) < 4.78 is 5.68. The average molecular weight is 421 g/mol. The fourth-order valence-electron chi connectivity index (χ4n) is 3.66. The van der Waals surface area contributed by atoms with Crippen LogP contribution in [0.2, 0.25) is 5.02 Å². The molecule has 0 radical (unpaired) electrons. The first-order chi connectivity index (χ1) is 14.6. The van der Waals surface area contributed by atoms with Crippen LogP contribution in [0.15, 0.2) is 84.9 Å². The molecule has 1 atom stereocenters. The van der Waals surface area contributed by atoms with Crippen LogP contribution in [-0.4, -0.2) is 30.0 Å². The van der Waals surface area contributed by atoms with Gasteiger partial charge in [0, 0.05) is 11.4 Å². The van der Waals surface area contributed by atoms with Gasteiger partial charge in [-0.3, -0.25) is 9.69 Å². The van der Waals surface area contributed by atoms with Crippen LogP contribution in [0, 0.1) is 0 Å². The lowest BCUT2D eigenvalue weighted by Crippen LogP contribution is -2.46. The van der Waals surface area contributed by atoms with Gasteiger partial charge in [0.1, 0.15) is 12.4 Å². The van der Waals surface area contributed by atoms with Crippen molar-refractivity contribution in [3.05, 3.63) is 101 Å². The van der Waals surface area contributed by atoms with Gasteiger partial charge in [0.05, 0.1) is 6.54 Å². The predicted octanol–water partition coefficient (Wildman–Crippen LogP) is 4.41. The first kappa shape index (κ1) is 20.0. The van der Waals surface area contributed by atoms with Gasteiger partial charge in [-0.15, -0.1) is 0 Å². The fraction of sp³-hybridized carbons (Fsp3) is 0.167. The maximum absolute atomic E-state index is 13.5. The summed E-state index contributed by atoms with van der Waals surface area (Å²) in [6.07, 6.45) is 0.372. The number of nitrogens with zero attached hydrogens (tertiary/aromatic N) is 1. The predicted molar refractivity (Wildman–Crippen MR) is 115 cm³/mol. The Morgan fingerprint density at radius 1 is 0.867 bits per heavy atom. The lowest BCUT2D eigenvalue weighted by Gasteiger charge is -2.27. The number of halogens is 1. The van der Waals surface area contributed by atoms with Gasteiger partial charge in [-0.05, 0) is 35.4 Å². The lowest BCUT2D eigenvalue weighted by molar-refractivity contribution is -0.131. The molecule has 0 saturated carbocycles. The zero-order valence-corrected chi connectivity index (χ0v) is 17.0. The second kappa shape index (κ2) is 8.59. The minimum Gasteiger partial charge on any atom is -0.492 e. The standard InChI is InChI=1S/C24H21ClN2O3/c25-20-11-13-21(14-12-20)30-16-15-27-22(28)24(26-23(27)29,19-9-5-2-6-10-19)17-18-7-3-1-4-8-18/h1-14H,15-17H2,(H,26,29)/t24-/m1/s1. The molecule has 0 aliphatic carbocycles. The van der Waals surface area contributed by atoms with E-state index < -0.39 is 11.6 Å². The van der Waals surface area contributed by atoms with Crippen molar-refractivity contribution in [2.45, 2.75) is 12.0 Å². The zero-order chi connectivity index (χ0) is 21.0. The number of urea groups is 1. The molecule has 0 spiro atoms. The lowest BCUT2D eigenvalue weighted by atomic mass is 9.83. The molecule has 1 N–H and O–H groups in total. The topological polar surface area (TPSA) is 58.6 Å². The Kier molecular flexibility index (Phi) is 5.72. The van der Waals surface area contributed by atoms with Crippen molar-refractivity contribution >= 4 is 23.5 Å². The quantitative estimate of drug-likeness (QED) is 0.576. The summed E-state index contributed by atoms with van der Waals surface area (Å²) in [5.74, 6) is 0.354. The average Bonchev–Trinajstić information content (AvgIpc) is 3.01. The Hall–Kier alpha value is -3.31. The molecule has 5 nitrogen and oxygen atoms in total. The normalized spacial score (nSPS) is 18.4. The molecule has 3 aromatic rings. The van der Waals surface area contributed by atoms with E-state index in [2.05, 4.69) is 5.32 Å². The molecule has 30 heavy (non-hydrogen) atoms. The monoisotopic (exact) mass is 420 g/mol. The Labute approximate surface area is 180 Å². The molecule has 1 fully saturated rings. The number of rotatable bonds is 7. The highest BCUT2D eigenvalue weighted by Crippen LogP contribution is 2.33. The summed E-state index contributed by atoms with van der Waals surface area (Å²) in [5.41, 5.74) is 0.586. The molecular weight excluding hydrogens is 400 g/mol. The van der Waals surface area contributed by atoms with Crippen molar-refractivity contribution in [2.24, 2.45) is 0 Å². The SMILES string of the molecule is O=C1N[C@](Cc2ccccc2)(c2ccccc2)C(=O)N1CCOc1ccc(Cl)cc1. The third-order valence-corrected chi connectivity index (χ3v) is 5.40. The Morgan fingerprint density at radius 3 is 2.17 bits per heavy atom. The van der Waals surface area contributed by atoms with Gasteiger partial charge >= 0.3 is 6.03 Å². The van der Waals surface area contributed by atoms with Crippen LogP contribution in [0.5, 0.6) is 5.75 Å². The van der Waals surface area contributed by atoms with Crippen LogP contribution in [0.3, 0.4) is 0 Å². The van der Waals surface area contributed by atoms with Crippen LogP contribution in [0.1, 0.15) is 11.1 Å². The molecule has 6 heteroatoms. The van der Waals surface area contributed by atoms with Crippen LogP contribution in [0.4, 0.5) is 4.79 Å². The van der Waals surface area contributed by atoms with Crippen molar-refractivity contribution in [1.29, 1.82) is 0 Å². The van der Waals surface area contributed by atoms with E-state index in [9.17, 15) is 9.59 Å². The van der Waals surface area contributed by atoms with Gasteiger partial charge < -0.3 is 10.1 Å². The number of carbonyl (C=O) groups is 2. The molecule has 4 rings (SSSR count). The highest BCUT2D eigenvalue weighted by Gasteiger charge is 2.52. The minimum absolute atomic E-state index is 0.149. The molecule has 1 aliphatic heterocycles. The van der Waals surface area contributed by atoms with E-state index in [0.29, 0.717) is 17.2 Å². The first-order valence-corrected chi connectivity index (χ1v) is 10.1. The van der Waals surface area contributed by atoms with Gasteiger partial charge in [-0.1, -0.05) is 72.3 Å². The van der Waals surface area contributed by atoms with Gasteiger partial charge in [0.2, 0.25) is 0 Å². The van der Waals surface area contributed by atoms with E-state index >= 15 is 0 Å². The number of ether oxygens (including phenoxy) is 1. The smallest absolute Gasteiger partial charge is 0.325 e. The number of amides is 3. The molecule has 1 saturated heterocycles. The van der Waals surface area contributed by atoms with E-state index in [1.165, 1.54) is 4.90 Å². The summed E-state index contributed by atoms with van der Waals surface area (Å²) in [6.45, 7) is 0.341. The Bertz CT molecular complexity index is 1030. The van der Waals surface area contributed by atoms with Crippen molar-refractivity contribution in [3.63, 3.8) is 0 Å². The Morgan fingerprint density at radius 2 is 1.50 bits per heavy atom. The van der Waals surface area contributed by atoms with Gasteiger partial charge in [-0.2, -0.15) is 0 Å². The van der Waals surface area contributed by atoms with Crippen LogP contribution in [0.25, 0.3) is 0 Å². The molecule has 152 valence electrons. The summed E-state index contributed by atoms with van der Waals surface area (Å²) in [7, 11) is 0. The Balaban J connectivity index is 1.55. The second-order valence-electron chi connectivity index (χ2n) is 7.12.